The van der Waals surface area contributed by atoms with Gasteiger partial charge in [-0.25, -0.2) is 13.8 Å². The third-order valence-corrected chi connectivity index (χ3v) is 5.79. The van der Waals surface area contributed by atoms with Crippen molar-refractivity contribution >= 4 is 12.6 Å². The van der Waals surface area contributed by atoms with Crippen LogP contribution in [0, 0.1) is 6.92 Å². The number of amides is 1. The number of nitrogens with zero attached hydrogens (tertiary/aromatic N) is 6. The summed E-state index contributed by atoms with van der Waals surface area (Å²) in [6.45, 7) is 5.49. The van der Waals surface area contributed by atoms with E-state index in [1.165, 1.54) is 27.9 Å². The number of hydrogen-bond acceptors (Lipinski definition) is 6. The van der Waals surface area contributed by atoms with E-state index in [1.54, 1.807) is 13.2 Å². The fraction of sp³-hybridized carbons (Fsp3) is 0.333. The van der Waals surface area contributed by atoms with E-state index in [2.05, 4.69) is 21.8 Å². The number of carbonyl (C=O) groups excluding carboxylic acids is 1. The van der Waals surface area contributed by atoms with Crippen molar-refractivity contribution in [1.29, 1.82) is 0 Å². The van der Waals surface area contributed by atoms with Crippen LogP contribution in [-0.4, -0.2) is 81.4 Å². The van der Waals surface area contributed by atoms with Crippen molar-refractivity contribution in [2.75, 3.05) is 33.2 Å². The first-order valence-electron chi connectivity index (χ1n) is 10.8. The van der Waals surface area contributed by atoms with Gasteiger partial charge in [-0.3, -0.25) is 14.7 Å². The molecule has 1 aliphatic heterocycles. The van der Waals surface area contributed by atoms with E-state index in [-0.39, 0.29) is 24.5 Å². The van der Waals surface area contributed by atoms with Crippen molar-refractivity contribution in [3.63, 3.8) is 0 Å². The predicted octanol–water partition coefficient (Wildman–Crippen LogP) is 3.17. The average molecular weight is 469 g/mol. The van der Waals surface area contributed by atoms with Crippen molar-refractivity contribution in [3.8, 4) is 22.8 Å². The summed E-state index contributed by atoms with van der Waals surface area (Å²) in [6, 6.07) is 8.80. The van der Waals surface area contributed by atoms with Gasteiger partial charge in [0.05, 0.1) is 37.0 Å². The minimum absolute atomic E-state index is 0.0977. The average Bonchev–Trinajstić information content (AvgIpc) is 3.10. The zero-order chi connectivity index (χ0) is 24.5. The lowest BCUT2D eigenvalue weighted by Crippen LogP contribution is -2.41. The fourth-order valence-electron chi connectivity index (χ4n) is 4.12. The number of carbonyl (C=O) groups is 1. The van der Waals surface area contributed by atoms with Crippen LogP contribution in [0.3, 0.4) is 0 Å². The van der Waals surface area contributed by atoms with E-state index >= 15 is 0 Å². The topological polar surface area (TPSA) is 86.9 Å². The quantitative estimate of drug-likeness (QED) is 0.582. The largest absolute Gasteiger partial charge is 0.493 e. The fourth-order valence-corrected chi connectivity index (χ4v) is 4.12. The van der Waals surface area contributed by atoms with E-state index in [0.29, 0.717) is 24.5 Å². The minimum atomic E-state index is -2.98. The number of aliphatic imine (C=N–C) groups is 1. The van der Waals surface area contributed by atoms with Crippen LogP contribution in [-0.2, 0) is 6.54 Å². The molecular formula is C24H26F2N6O2. The van der Waals surface area contributed by atoms with Crippen molar-refractivity contribution in [1.82, 2.24) is 24.6 Å². The summed E-state index contributed by atoms with van der Waals surface area (Å²) in [5.41, 5.74) is 3.51. The summed E-state index contributed by atoms with van der Waals surface area (Å²) in [7, 11) is 1.61. The van der Waals surface area contributed by atoms with Gasteiger partial charge in [-0.15, -0.1) is 0 Å². The maximum Gasteiger partial charge on any atom is 0.277 e. The zero-order valence-corrected chi connectivity index (χ0v) is 19.1. The first-order valence-corrected chi connectivity index (χ1v) is 10.8. The third-order valence-electron chi connectivity index (χ3n) is 5.79. The second-order valence-corrected chi connectivity index (χ2v) is 8.55. The molecule has 0 aliphatic carbocycles. The van der Waals surface area contributed by atoms with Crippen molar-refractivity contribution < 1.29 is 18.7 Å². The van der Waals surface area contributed by atoms with E-state index < -0.39 is 18.4 Å². The molecule has 0 unspecified atom stereocenters. The predicted molar refractivity (Wildman–Crippen MR) is 125 cm³/mol. The molecule has 1 aliphatic rings. The number of halogens is 2. The molecule has 8 nitrogen and oxygen atoms in total. The molecule has 1 fully saturated rings. The molecule has 0 radical (unpaired) electrons. The number of pyridine rings is 1. The van der Waals surface area contributed by atoms with Gasteiger partial charge in [0.2, 0.25) is 5.88 Å². The molecule has 10 heteroatoms. The van der Waals surface area contributed by atoms with Crippen LogP contribution >= 0.6 is 0 Å². The van der Waals surface area contributed by atoms with E-state index in [4.69, 9.17) is 0 Å². The Morgan fingerprint density at radius 2 is 1.97 bits per heavy atom. The number of benzene rings is 1. The molecule has 3 aromatic rings. The number of hydrogen-bond donors (Lipinski definition) is 1. The monoisotopic (exact) mass is 468 g/mol. The van der Waals surface area contributed by atoms with Crippen LogP contribution in [0.2, 0.25) is 0 Å². The summed E-state index contributed by atoms with van der Waals surface area (Å²) >= 11 is 0. The Hall–Kier alpha value is -3.66. The van der Waals surface area contributed by atoms with Gasteiger partial charge in [-0.2, -0.15) is 9.78 Å². The molecule has 2 aromatic heterocycles. The maximum absolute atomic E-state index is 14.1. The van der Waals surface area contributed by atoms with Gasteiger partial charge in [0.1, 0.15) is 0 Å². The molecule has 3 heterocycles. The molecule has 1 amide bonds. The Balaban J connectivity index is 1.55. The van der Waals surface area contributed by atoms with Crippen LogP contribution in [0.25, 0.3) is 16.9 Å². The minimum Gasteiger partial charge on any atom is -0.493 e. The van der Waals surface area contributed by atoms with E-state index in [9.17, 15) is 18.7 Å². The van der Waals surface area contributed by atoms with Crippen molar-refractivity contribution in [3.05, 3.63) is 59.4 Å². The number of rotatable bonds is 5. The Kier molecular flexibility index (Phi) is 6.43. The summed E-state index contributed by atoms with van der Waals surface area (Å²) in [5, 5.41) is 15.0. The van der Waals surface area contributed by atoms with Gasteiger partial charge >= 0.3 is 0 Å². The van der Waals surface area contributed by atoms with Crippen LogP contribution in [0.1, 0.15) is 21.5 Å². The first-order chi connectivity index (χ1) is 16.2. The third kappa shape index (κ3) is 4.81. The van der Waals surface area contributed by atoms with Crippen molar-refractivity contribution in [2.24, 2.45) is 4.99 Å². The number of likely N-dealkylation sites (N-methyl/N-ethyl adjacent to an activating group) is 1. The van der Waals surface area contributed by atoms with Gasteiger partial charge in [0.25, 0.3) is 11.8 Å². The lowest BCUT2D eigenvalue weighted by atomic mass is 10.0. The standard InChI is InChI=1S/C24H26F2N6O2/c1-16-10-17(11-27-2)4-6-19(16)20-13-29-32(23(20)34)21-7-5-18(12-28-21)22(33)31-9-8-30(3)14-24(25,26)15-31/h4-7,10,12-13,34H,2,8-9,11,14-15H2,1,3H3. The highest BCUT2D eigenvalue weighted by atomic mass is 19.3. The number of alkyl halides is 2. The smallest absolute Gasteiger partial charge is 0.277 e. The molecule has 1 aromatic carbocycles. The molecule has 0 spiro atoms. The van der Waals surface area contributed by atoms with E-state index in [1.807, 2.05) is 25.1 Å². The first kappa shape index (κ1) is 23.5. The van der Waals surface area contributed by atoms with Gasteiger partial charge in [0, 0.05) is 19.3 Å². The SMILES string of the molecule is C=NCc1ccc(-c2cnn(-c3ccc(C(=O)N4CCN(C)CC(F)(F)C4)cn3)c2O)c(C)c1. The number of aromatic hydroxyl groups is 1. The molecule has 0 bridgehead atoms. The highest BCUT2D eigenvalue weighted by molar-refractivity contribution is 5.94. The van der Waals surface area contributed by atoms with E-state index in [0.717, 1.165) is 21.6 Å². The summed E-state index contributed by atoms with van der Waals surface area (Å²) < 4.78 is 29.5. The Morgan fingerprint density at radius 1 is 1.18 bits per heavy atom. The second-order valence-electron chi connectivity index (χ2n) is 8.55. The Morgan fingerprint density at radius 3 is 2.65 bits per heavy atom. The maximum atomic E-state index is 14.1. The molecule has 4 rings (SSSR count). The number of aryl methyl sites for hydroxylation is 1. The van der Waals surface area contributed by atoms with Gasteiger partial charge in [-0.05, 0) is 49.5 Å². The zero-order valence-electron chi connectivity index (χ0n) is 19.1. The van der Waals surface area contributed by atoms with Crippen LogP contribution < -0.4 is 0 Å². The Labute approximate surface area is 196 Å². The summed E-state index contributed by atoms with van der Waals surface area (Å²) in [5.74, 6) is -3.29. The Bertz CT molecular complexity index is 1210. The van der Waals surface area contributed by atoms with Crippen LogP contribution in [0.15, 0.2) is 47.7 Å². The molecule has 1 N–H and O–H groups in total. The number of aromatic nitrogens is 3. The molecular weight excluding hydrogens is 442 g/mol. The molecule has 1 saturated heterocycles. The highest BCUT2D eigenvalue weighted by Crippen LogP contribution is 2.33. The van der Waals surface area contributed by atoms with Crippen molar-refractivity contribution in [2.45, 2.75) is 19.4 Å². The van der Waals surface area contributed by atoms with Gasteiger partial charge in [0.15, 0.2) is 5.82 Å². The normalized spacial score (nSPS) is 16.3. The van der Waals surface area contributed by atoms with Gasteiger partial charge in [-0.1, -0.05) is 18.2 Å². The van der Waals surface area contributed by atoms with Crippen LogP contribution in [0.5, 0.6) is 5.88 Å². The van der Waals surface area contributed by atoms with Gasteiger partial charge < -0.3 is 10.0 Å². The summed E-state index contributed by atoms with van der Waals surface area (Å²) in [6.07, 6.45) is 2.85. The second kappa shape index (κ2) is 9.30. The molecule has 0 saturated carbocycles. The van der Waals surface area contributed by atoms with Crippen LogP contribution in [0.4, 0.5) is 8.78 Å². The molecule has 34 heavy (non-hydrogen) atoms. The lowest BCUT2D eigenvalue weighted by Gasteiger charge is -2.23. The lowest BCUT2D eigenvalue weighted by molar-refractivity contribution is -0.0310. The highest BCUT2D eigenvalue weighted by Gasteiger charge is 2.37. The summed E-state index contributed by atoms with van der Waals surface area (Å²) in [4.78, 5) is 23.6. The molecule has 0 atom stereocenters. The molecule has 178 valence electrons.